The second-order valence-corrected chi connectivity index (χ2v) is 8.89. The number of hydrogen-bond acceptors (Lipinski definition) is 5. The number of amides is 1. The molecule has 8 nitrogen and oxygen atoms in total. The van der Waals surface area contributed by atoms with Gasteiger partial charge in [0.15, 0.2) is 0 Å². The quantitative estimate of drug-likeness (QED) is 0.143. The van der Waals surface area contributed by atoms with Gasteiger partial charge in [-0.1, -0.05) is 47.5 Å². The average molecular weight is 507 g/mol. The first-order chi connectivity index (χ1) is 16.9. The van der Waals surface area contributed by atoms with Crippen LogP contribution >= 0.6 is 23.4 Å². The van der Waals surface area contributed by atoms with Gasteiger partial charge in [-0.3, -0.25) is 4.79 Å². The van der Waals surface area contributed by atoms with Crippen molar-refractivity contribution < 1.29 is 19.3 Å². The van der Waals surface area contributed by atoms with E-state index < -0.39 is 5.97 Å². The lowest BCUT2D eigenvalue weighted by molar-refractivity contribution is -0.625. The Morgan fingerprint density at radius 2 is 1.83 bits per heavy atom. The summed E-state index contributed by atoms with van der Waals surface area (Å²) in [4.78, 5) is 23.7. The third-order valence-corrected chi connectivity index (χ3v) is 6.19. The Kier molecular flexibility index (Phi) is 7.59. The summed E-state index contributed by atoms with van der Waals surface area (Å²) >= 11 is 7.31. The molecule has 0 spiro atoms. The average Bonchev–Trinajstić information content (AvgIpc) is 3.28. The molecule has 0 aliphatic rings. The van der Waals surface area contributed by atoms with Crippen LogP contribution in [0.15, 0.2) is 83.1 Å². The minimum absolute atomic E-state index is 0.0453. The number of carboxylic acid groups (broad SMARTS) is 1. The molecule has 1 heterocycles. The molecule has 0 atom stereocenters. The van der Waals surface area contributed by atoms with Gasteiger partial charge in [-0.2, -0.15) is 9.67 Å². The molecule has 0 saturated carbocycles. The van der Waals surface area contributed by atoms with E-state index in [9.17, 15) is 14.7 Å². The Balaban J connectivity index is 1.51. The monoisotopic (exact) mass is 506 g/mol. The van der Waals surface area contributed by atoms with E-state index in [1.54, 1.807) is 30.3 Å². The fourth-order valence-electron chi connectivity index (χ4n) is 3.27. The molecule has 0 bridgehead atoms. The summed E-state index contributed by atoms with van der Waals surface area (Å²) in [6.07, 6.45) is 1.31. The van der Waals surface area contributed by atoms with Crippen LogP contribution in [0.1, 0.15) is 21.5 Å². The maximum atomic E-state index is 12.4. The van der Waals surface area contributed by atoms with Crippen molar-refractivity contribution in [3.8, 4) is 17.1 Å². The van der Waals surface area contributed by atoms with Crippen LogP contribution in [0.3, 0.4) is 0 Å². The van der Waals surface area contributed by atoms with E-state index in [0.29, 0.717) is 15.7 Å². The van der Waals surface area contributed by atoms with Gasteiger partial charge in [0.2, 0.25) is 0 Å². The topological polar surface area (TPSA) is 111 Å². The van der Waals surface area contributed by atoms with Crippen molar-refractivity contribution in [2.45, 2.75) is 12.1 Å². The predicted octanol–water partition coefficient (Wildman–Crippen LogP) is 4.26. The summed E-state index contributed by atoms with van der Waals surface area (Å²) < 4.78 is 1.92. The summed E-state index contributed by atoms with van der Waals surface area (Å²) in [5.41, 5.74) is 5.85. The smallest absolute Gasteiger partial charge is 0.342 e. The van der Waals surface area contributed by atoms with Gasteiger partial charge >= 0.3 is 11.1 Å². The molecule has 0 radical (unpaired) electrons. The van der Waals surface area contributed by atoms with Crippen molar-refractivity contribution >= 4 is 41.5 Å². The first kappa shape index (κ1) is 24.2. The number of aromatic nitrogens is 3. The normalized spacial score (nSPS) is 11.0. The number of hydrogen-bond donors (Lipinski definition) is 3. The second-order valence-electron chi connectivity index (χ2n) is 7.51. The Hall–Kier alpha value is -3.95. The molecule has 4 aromatic rings. The molecule has 0 unspecified atom stereocenters. The number of aromatic amines is 1. The predicted molar refractivity (Wildman–Crippen MR) is 135 cm³/mol. The lowest BCUT2D eigenvalue weighted by Crippen LogP contribution is -2.34. The number of benzene rings is 3. The van der Waals surface area contributed by atoms with E-state index in [1.165, 1.54) is 24.0 Å². The fraction of sp³-hybridized carbons (Fsp3) is 0.0800. The van der Waals surface area contributed by atoms with Crippen molar-refractivity contribution in [2.24, 2.45) is 5.10 Å². The van der Waals surface area contributed by atoms with Crippen molar-refractivity contribution in [3.63, 3.8) is 0 Å². The number of H-pyrrole nitrogens is 1. The summed E-state index contributed by atoms with van der Waals surface area (Å²) in [5.74, 6) is -0.618. The van der Waals surface area contributed by atoms with Crippen LogP contribution in [0.4, 0.5) is 0 Å². The van der Waals surface area contributed by atoms with E-state index in [-0.39, 0.29) is 17.2 Å². The van der Waals surface area contributed by atoms with Crippen LogP contribution in [-0.2, 0) is 4.79 Å². The number of hydrazone groups is 1. The van der Waals surface area contributed by atoms with Gasteiger partial charge in [-0.25, -0.2) is 10.2 Å². The number of halogens is 1. The number of rotatable bonds is 8. The highest BCUT2D eigenvalue weighted by atomic mass is 35.5. The molecule has 3 N–H and O–H groups in total. The number of aryl methyl sites for hydroxylation is 1. The minimum atomic E-state index is -1.07. The Bertz CT molecular complexity index is 1390. The maximum Gasteiger partial charge on any atom is 0.342 e. The van der Waals surface area contributed by atoms with E-state index in [4.69, 9.17) is 11.6 Å². The zero-order valence-electron chi connectivity index (χ0n) is 18.6. The number of carbonyl (C=O) groups excluding carboxylic acids is 1. The van der Waals surface area contributed by atoms with Crippen LogP contribution < -0.4 is 9.99 Å². The van der Waals surface area contributed by atoms with E-state index >= 15 is 0 Å². The second kappa shape index (κ2) is 11.0. The zero-order chi connectivity index (χ0) is 24.8. The standard InChI is InChI=1S/C25H20ClN5O3S/c1-16-6-8-17(9-7-16)23-29-30-25(31(23)20-12-10-19(26)11-13-20)35-15-22(32)28-27-14-18-4-2-3-5-21(18)24(33)34/h2-14H,15H2,1H3,(H2,28,32,33,34)/p+1. The highest BCUT2D eigenvalue weighted by molar-refractivity contribution is 7.99. The van der Waals surface area contributed by atoms with Gasteiger partial charge < -0.3 is 5.11 Å². The molecule has 0 aliphatic heterocycles. The molecule has 1 aromatic heterocycles. The first-order valence-electron chi connectivity index (χ1n) is 10.5. The van der Waals surface area contributed by atoms with Crippen LogP contribution in [0.25, 0.3) is 17.1 Å². The maximum absolute atomic E-state index is 12.4. The van der Waals surface area contributed by atoms with Crippen molar-refractivity contribution in [1.29, 1.82) is 0 Å². The first-order valence-corrected chi connectivity index (χ1v) is 11.9. The highest BCUT2D eigenvalue weighted by Gasteiger charge is 2.24. The number of nitrogens with zero attached hydrogens (tertiary/aromatic N) is 3. The number of aromatic carboxylic acids is 1. The number of thioether (sulfide) groups is 1. The molecule has 4 rings (SSSR count). The lowest BCUT2D eigenvalue weighted by Gasteiger charge is -2.05. The molecule has 0 saturated heterocycles. The summed E-state index contributed by atoms with van der Waals surface area (Å²) in [6.45, 7) is 2.02. The van der Waals surface area contributed by atoms with Crippen LogP contribution in [0.5, 0.6) is 0 Å². The van der Waals surface area contributed by atoms with E-state index in [1.807, 2.05) is 47.9 Å². The van der Waals surface area contributed by atoms with Crippen molar-refractivity contribution in [3.05, 3.63) is 94.5 Å². The SMILES string of the molecule is Cc1ccc(-c2[nH]nc(SCC(=O)NN=Cc3ccccc3C(=O)O)[n+]2-c2ccc(Cl)cc2)cc1. The Morgan fingerprint density at radius 1 is 1.11 bits per heavy atom. The van der Waals surface area contributed by atoms with Gasteiger partial charge in [0, 0.05) is 10.6 Å². The van der Waals surface area contributed by atoms with E-state index in [2.05, 4.69) is 20.7 Å². The third-order valence-electron chi connectivity index (χ3n) is 5.00. The van der Waals surface area contributed by atoms with Gasteiger partial charge in [0.25, 0.3) is 11.7 Å². The van der Waals surface area contributed by atoms with Crippen LogP contribution in [0, 0.1) is 6.92 Å². The minimum Gasteiger partial charge on any atom is -0.478 e. The number of carbonyl (C=O) groups is 2. The summed E-state index contributed by atoms with van der Waals surface area (Å²) in [7, 11) is 0. The molecule has 0 aliphatic carbocycles. The molecular formula is C25H21ClN5O3S+. The summed E-state index contributed by atoms with van der Waals surface area (Å²) in [5, 5.41) is 21.8. The number of nitrogens with one attached hydrogen (secondary N) is 2. The van der Waals surface area contributed by atoms with Crippen molar-refractivity contribution in [2.75, 3.05) is 5.75 Å². The molecular weight excluding hydrogens is 486 g/mol. The zero-order valence-corrected chi connectivity index (χ0v) is 20.2. The lowest BCUT2D eigenvalue weighted by atomic mass is 10.1. The van der Waals surface area contributed by atoms with Crippen LogP contribution in [0.2, 0.25) is 5.02 Å². The Labute approximate surface area is 210 Å². The van der Waals surface area contributed by atoms with Gasteiger partial charge in [-0.05, 0) is 61.2 Å². The molecule has 1 amide bonds. The van der Waals surface area contributed by atoms with Gasteiger partial charge in [0.1, 0.15) is 5.69 Å². The van der Waals surface area contributed by atoms with Gasteiger partial charge in [-0.15, -0.1) is 5.10 Å². The Morgan fingerprint density at radius 3 is 2.54 bits per heavy atom. The largest absolute Gasteiger partial charge is 0.478 e. The molecule has 0 fully saturated rings. The third kappa shape index (κ3) is 5.95. The number of carboxylic acids is 1. The summed E-state index contributed by atoms with van der Waals surface area (Å²) in [6, 6.07) is 21.8. The van der Waals surface area contributed by atoms with Crippen LogP contribution in [-0.4, -0.2) is 39.1 Å². The molecule has 176 valence electrons. The van der Waals surface area contributed by atoms with Gasteiger partial charge in [0.05, 0.1) is 28.2 Å². The molecule has 35 heavy (non-hydrogen) atoms. The fourth-order valence-corrected chi connectivity index (χ4v) is 4.16. The van der Waals surface area contributed by atoms with Crippen molar-refractivity contribution in [1.82, 2.24) is 15.6 Å². The molecule has 3 aromatic carbocycles. The molecule has 10 heteroatoms. The van der Waals surface area contributed by atoms with E-state index in [0.717, 1.165) is 22.6 Å². The highest BCUT2D eigenvalue weighted by Crippen LogP contribution is 2.21.